The third-order valence-electron chi connectivity index (χ3n) is 4.39. The van der Waals surface area contributed by atoms with Crippen LogP contribution in [0.1, 0.15) is 69.8 Å². The van der Waals surface area contributed by atoms with Crippen molar-refractivity contribution < 1.29 is 0 Å². The number of hydrogen-bond acceptors (Lipinski definition) is 3. The Bertz CT molecular complexity index is 448. The van der Waals surface area contributed by atoms with Crippen LogP contribution in [0.2, 0.25) is 0 Å². The molecule has 1 fully saturated rings. The summed E-state index contributed by atoms with van der Waals surface area (Å²) in [5.41, 5.74) is 1.15. The summed E-state index contributed by atoms with van der Waals surface area (Å²) >= 11 is 3.64. The van der Waals surface area contributed by atoms with Crippen LogP contribution in [0.4, 0.5) is 5.82 Å². The highest BCUT2D eigenvalue weighted by Gasteiger charge is 2.25. The molecule has 0 aliphatic heterocycles. The molecule has 0 spiro atoms. The molecule has 20 heavy (non-hydrogen) atoms. The number of halogens is 1. The Balaban J connectivity index is 2.28. The number of nitrogens with zero attached hydrogens (tertiary/aromatic N) is 2. The third-order valence-corrected chi connectivity index (χ3v) is 5.22. The molecule has 1 heterocycles. The Morgan fingerprint density at radius 2 is 2.05 bits per heavy atom. The molecule has 2 unspecified atom stereocenters. The lowest BCUT2D eigenvalue weighted by atomic mass is 9.80. The number of hydrogen-bond donors (Lipinski definition) is 1. The van der Waals surface area contributed by atoms with Gasteiger partial charge in [-0.15, -0.1) is 0 Å². The third kappa shape index (κ3) is 3.51. The summed E-state index contributed by atoms with van der Waals surface area (Å²) in [4.78, 5) is 9.62. The maximum Gasteiger partial charge on any atom is 0.144 e. The van der Waals surface area contributed by atoms with E-state index in [1.54, 1.807) is 0 Å². The summed E-state index contributed by atoms with van der Waals surface area (Å²) in [6.07, 6.45) is 8.60. The zero-order valence-electron chi connectivity index (χ0n) is 12.9. The smallest absolute Gasteiger partial charge is 0.144 e. The summed E-state index contributed by atoms with van der Waals surface area (Å²) in [5.74, 6) is 3.40. The standard InChI is InChI=1S/C16H26BrN3/c1-4-7-13-14(17)16(18-3)20-15(19-13)12-9-6-8-11(5-2)10-12/h11-12H,4-10H2,1-3H3,(H,18,19,20). The second-order valence-electron chi connectivity index (χ2n) is 5.83. The molecule has 1 aliphatic rings. The molecule has 0 aromatic carbocycles. The van der Waals surface area contributed by atoms with Crippen LogP contribution in [0.15, 0.2) is 4.47 Å². The average Bonchev–Trinajstić information content (AvgIpc) is 2.49. The van der Waals surface area contributed by atoms with Crippen LogP contribution < -0.4 is 5.32 Å². The van der Waals surface area contributed by atoms with Gasteiger partial charge in [-0.1, -0.05) is 39.5 Å². The Kier molecular flexibility index (Phi) is 5.82. The first-order valence-electron chi connectivity index (χ1n) is 7.93. The molecule has 1 aliphatic carbocycles. The minimum atomic E-state index is 0.546. The van der Waals surface area contributed by atoms with Crippen molar-refractivity contribution in [2.24, 2.45) is 5.92 Å². The van der Waals surface area contributed by atoms with Crippen LogP contribution in [0, 0.1) is 5.92 Å². The summed E-state index contributed by atoms with van der Waals surface area (Å²) in [6.45, 7) is 4.50. The van der Waals surface area contributed by atoms with E-state index >= 15 is 0 Å². The van der Waals surface area contributed by atoms with Crippen molar-refractivity contribution in [2.45, 2.75) is 64.7 Å². The Hall–Kier alpha value is -0.640. The number of aryl methyl sites for hydroxylation is 1. The number of nitrogens with one attached hydrogen (secondary N) is 1. The molecule has 112 valence electrons. The second kappa shape index (κ2) is 7.39. The van der Waals surface area contributed by atoms with Gasteiger partial charge >= 0.3 is 0 Å². The summed E-state index contributed by atoms with van der Waals surface area (Å²) in [6, 6.07) is 0. The topological polar surface area (TPSA) is 37.8 Å². The lowest BCUT2D eigenvalue weighted by Gasteiger charge is -2.28. The van der Waals surface area contributed by atoms with Gasteiger partial charge in [0.05, 0.1) is 10.2 Å². The highest BCUT2D eigenvalue weighted by molar-refractivity contribution is 9.10. The van der Waals surface area contributed by atoms with Crippen LogP contribution in [0.5, 0.6) is 0 Å². The van der Waals surface area contributed by atoms with E-state index in [9.17, 15) is 0 Å². The van der Waals surface area contributed by atoms with Crippen molar-refractivity contribution in [3.8, 4) is 0 Å². The maximum absolute atomic E-state index is 4.87. The molecular weight excluding hydrogens is 314 g/mol. The largest absolute Gasteiger partial charge is 0.372 e. The molecule has 2 rings (SSSR count). The lowest BCUT2D eigenvalue weighted by Crippen LogP contribution is -2.17. The van der Waals surface area contributed by atoms with E-state index in [2.05, 4.69) is 35.1 Å². The molecular formula is C16H26BrN3. The highest BCUT2D eigenvalue weighted by atomic mass is 79.9. The molecule has 1 aromatic heterocycles. The fourth-order valence-corrected chi connectivity index (χ4v) is 3.73. The van der Waals surface area contributed by atoms with Crippen molar-refractivity contribution >= 4 is 21.7 Å². The number of rotatable bonds is 5. The van der Waals surface area contributed by atoms with Crippen molar-refractivity contribution in [2.75, 3.05) is 12.4 Å². The van der Waals surface area contributed by atoms with Crippen LogP contribution >= 0.6 is 15.9 Å². The van der Waals surface area contributed by atoms with Crippen molar-refractivity contribution in [3.63, 3.8) is 0 Å². The maximum atomic E-state index is 4.87. The van der Waals surface area contributed by atoms with Gasteiger partial charge in [0.25, 0.3) is 0 Å². The van der Waals surface area contributed by atoms with Gasteiger partial charge in [0, 0.05) is 13.0 Å². The Morgan fingerprint density at radius 3 is 2.70 bits per heavy atom. The molecule has 3 nitrogen and oxygen atoms in total. The van der Waals surface area contributed by atoms with E-state index in [-0.39, 0.29) is 0 Å². The zero-order chi connectivity index (χ0) is 14.5. The van der Waals surface area contributed by atoms with Crippen LogP contribution in [0.3, 0.4) is 0 Å². The van der Waals surface area contributed by atoms with Gasteiger partial charge in [0.2, 0.25) is 0 Å². The van der Waals surface area contributed by atoms with Gasteiger partial charge in [-0.05, 0) is 41.1 Å². The molecule has 1 aromatic rings. The monoisotopic (exact) mass is 339 g/mol. The summed E-state index contributed by atoms with van der Waals surface area (Å²) in [5, 5.41) is 3.20. The zero-order valence-corrected chi connectivity index (χ0v) is 14.5. The summed E-state index contributed by atoms with van der Waals surface area (Å²) in [7, 11) is 1.93. The first-order chi connectivity index (χ1) is 9.69. The van der Waals surface area contributed by atoms with Crippen LogP contribution in [0.25, 0.3) is 0 Å². The normalized spacial score (nSPS) is 22.8. The quantitative estimate of drug-likeness (QED) is 0.827. The fourth-order valence-electron chi connectivity index (χ4n) is 3.16. The number of aromatic nitrogens is 2. The predicted molar refractivity (Wildman–Crippen MR) is 88.3 cm³/mol. The van der Waals surface area contributed by atoms with E-state index in [0.29, 0.717) is 5.92 Å². The minimum Gasteiger partial charge on any atom is -0.372 e. The highest BCUT2D eigenvalue weighted by Crippen LogP contribution is 2.37. The van der Waals surface area contributed by atoms with Gasteiger partial charge in [0.1, 0.15) is 11.6 Å². The van der Waals surface area contributed by atoms with Gasteiger partial charge in [-0.3, -0.25) is 0 Å². The first-order valence-corrected chi connectivity index (χ1v) is 8.72. The predicted octanol–water partition coefficient (Wildman–Crippen LogP) is 4.92. The SMILES string of the molecule is CCCc1nc(C2CCCC(CC)C2)nc(NC)c1Br. The van der Waals surface area contributed by atoms with Gasteiger partial charge in [0.15, 0.2) is 0 Å². The Morgan fingerprint density at radius 1 is 1.25 bits per heavy atom. The van der Waals surface area contributed by atoms with Crippen LogP contribution in [-0.2, 0) is 6.42 Å². The van der Waals surface area contributed by atoms with E-state index in [1.807, 2.05) is 7.05 Å². The lowest BCUT2D eigenvalue weighted by molar-refractivity contribution is 0.307. The summed E-state index contributed by atoms with van der Waals surface area (Å²) < 4.78 is 1.04. The molecule has 0 saturated heterocycles. The molecule has 1 N–H and O–H groups in total. The molecule has 1 saturated carbocycles. The van der Waals surface area contributed by atoms with Gasteiger partial charge in [-0.25, -0.2) is 9.97 Å². The van der Waals surface area contributed by atoms with E-state index in [4.69, 9.17) is 9.97 Å². The van der Waals surface area contributed by atoms with E-state index < -0.39 is 0 Å². The minimum absolute atomic E-state index is 0.546. The van der Waals surface area contributed by atoms with Crippen molar-refractivity contribution in [1.82, 2.24) is 9.97 Å². The molecule has 0 amide bonds. The molecule has 2 atom stereocenters. The fraction of sp³-hybridized carbons (Fsp3) is 0.750. The van der Waals surface area contributed by atoms with Gasteiger partial charge < -0.3 is 5.32 Å². The van der Waals surface area contributed by atoms with E-state index in [1.165, 1.54) is 32.1 Å². The second-order valence-corrected chi connectivity index (χ2v) is 6.62. The van der Waals surface area contributed by atoms with Crippen molar-refractivity contribution in [3.05, 3.63) is 16.0 Å². The number of anilines is 1. The Labute approximate surface area is 131 Å². The van der Waals surface area contributed by atoms with Crippen molar-refractivity contribution in [1.29, 1.82) is 0 Å². The molecule has 4 heteroatoms. The first kappa shape index (κ1) is 15.7. The van der Waals surface area contributed by atoms with Crippen LogP contribution in [-0.4, -0.2) is 17.0 Å². The molecule has 0 radical (unpaired) electrons. The molecule has 0 bridgehead atoms. The average molecular weight is 340 g/mol. The van der Waals surface area contributed by atoms with E-state index in [0.717, 1.165) is 40.6 Å². The van der Waals surface area contributed by atoms with Gasteiger partial charge in [-0.2, -0.15) is 0 Å².